The van der Waals surface area contributed by atoms with E-state index in [0.29, 0.717) is 13.0 Å². The normalized spacial score (nSPS) is 14.8. The topological polar surface area (TPSA) is 47.6 Å². The Morgan fingerprint density at radius 3 is 3.04 bits per heavy atom. The summed E-state index contributed by atoms with van der Waals surface area (Å²) in [4.78, 5) is 13.1. The van der Waals surface area contributed by atoms with E-state index in [1.54, 1.807) is 11.3 Å². The number of thiophene rings is 1. The SMILES string of the molecule is O=C(Cc1cccs1)NCCc1c2c(cc3c1OCC3)OCC2. The smallest absolute Gasteiger partial charge is 0.225 e. The molecule has 23 heavy (non-hydrogen) atoms. The summed E-state index contributed by atoms with van der Waals surface area (Å²) in [6.45, 7) is 2.13. The highest BCUT2D eigenvalue weighted by Gasteiger charge is 2.26. The van der Waals surface area contributed by atoms with Crippen LogP contribution in [0.3, 0.4) is 0 Å². The van der Waals surface area contributed by atoms with Crippen LogP contribution in [0.4, 0.5) is 0 Å². The summed E-state index contributed by atoms with van der Waals surface area (Å²) >= 11 is 1.62. The van der Waals surface area contributed by atoms with Crippen LogP contribution in [-0.2, 0) is 30.5 Å². The quantitative estimate of drug-likeness (QED) is 0.917. The van der Waals surface area contributed by atoms with Gasteiger partial charge in [-0.15, -0.1) is 11.3 Å². The largest absolute Gasteiger partial charge is 0.493 e. The van der Waals surface area contributed by atoms with Gasteiger partial charge in [0.05, 0.1) is 19.6 Å². The first-order valence-electron chi connectivity index (χ1n) is 8.03. The van der Waals surface area contributed by atoms with Gasteiger partial charge in [-0.05, 0) is 23.9 Å². The fourth-order valence-corrected chi connectivity index (χ4v) is 4.01. The minimum Gasteiger partial charge on any atom is -0.493 e. The van der Waals surface area contributed by atoms with Crippen LogP contribution in [0, 0.1) is 0 Å². The molecule has 2 aromatic rings. The van der Waals surface area contributed by atoms with E-state index >= 15 is 0 Å². The van der Waals surface area contributed by atoms with E-state index in [9.17, 15) is 4.79 Å². The van der Waals surface area contributed by atoms with Crippen molar-refractivity contribution in [1.29, 1.82) is 0 Å². The molecule has 4 rings (SSSR count). The summed E-state index contributed by atoms with van der Waals surface area (Å²) in [6, 6.07) is 6.09. The summed E-state index contributed by atoms with van der Waals surface area (Å²) in [6.07, 6.45) is 3.14. The lowest BCUT2D eigenvalue weighted by Crippen LogP contribution is -2.27. The monoisotopic (exact) mass is 329 g/mol. The predicted octanol–water partition coefficient (Wildman–Crippen LogP) is 2.52. The van der Waals surface area contributed by atoms with Crippen molar-refractivity contribution in [2.24, 2.45) is 0 Å². The molecular formula is C18H19NO3S. The zero-order chi connectivity index (χ0) is 15.6. The molecule has 1 amide bonds. The fraction of sp³-hybridized carbons (Fsp3) is 0.389. The van der Waals surface area contributed by atoms with Crippen LogP contribution in [-0.4, -0.2) is 25.7 Å². The molecule has 0 unspecified atom stereocenters. The Labute approximate surface area is 139 Å². The molecule has 0 saturated heterocycles. The van der Waals surface area contributed by atoms with Crippen LogP contribution in [0.15, 0.2) is 23.6 Å². The van der Waals surface area contributed by atoms with Crippen molar-refractivity contribution in [3.05, 3.63) is 45.1 Å². The van der Waals surface area contributed by atoms with Gasteiger partial charge in [0.25, 0.3) is 0 Å². The summed E-state index contributed by atoms with van der Waals surface area (Å²) in [5.41, 5.74) is 3.73. The van der Waals surface area contributed by atoms with Crippen molar-refractivity contribution >= 4 is 17.2 Å². The summed E-state index contributed by atoms with van der Waals surface area (Å²) < 4.78 is 11.6. The number of amides is 1. The third-order valence-electron chi connectivity index (χ3n) is 4.37. The number of hydrogen-bond donors (Lipinski definition) is 1. The van der Waals surface area contributed by atoms with Crippen LogP contribution in [0.2, 0.25) is 0 Å². The van der Waals surface area contributed by atoms with Gasteiger partial charge >= 0.3 is 0 Å². The molecule has 2 aliphatic heterocycles. The lowest BCUT2D eigenvalue weighted by Gasteiger charge is -2.13. The molecule has 1 aromatic heterocycles. The third-order valence-corrected chi connectivity index (χ3v) is 5.25. The highest BCUT2D eigenvalue weighted by molar-refractivity contribution is 7.10. The Morgan fingerprint density at radius 1 is 1.26 bits per heavy atom. The van der Waals surface area contributed by atoms with E-state index in [4.69, 9.17) is 9.47 Å². The molecule has 120 valence electrons. The van der Waals surface area contributed by atoms with E-state index in [-0.39, 0.29) is 5.91 Å². The summed E-state index contributed by atoms with van der Waals surface area (Å²) in [5, 5.41) is 5.02. The van der Waals surface area contributed by atoms with Crippen LogP contribution in [0.1, 0.15) is 21.6 Å². The van der Waals surface area contributed by atoms with Crippen molar-refractivity contribution in [1.82, 2.24) is 5.32 Å². The van der Waals surface area contributed by atoms with E-state index in [0.717, 1.165) is 48.9 Å². The Bertz CT molecular complexity index is 692. The molecule has 0 spiro atoms. The maximum atomic E-state index is 12.0. The number of nitrogens with one attached hydrogen (secondary N) is 1. The van der Waals surface area contributed by atoms with Gasteiger partial charge in [-0.2, -0.15) is 0 Å². The number of hydrogen-bond acceptors (Lipinski definition) is 4. The fourth-order valence-electron chi connectivity index (χ4n) is 3.31. The van der Waals surface area contributed by atoms with Gasteiger partial charge in [0.2, 0.25) is 5.91 Å². The molecule has 1 aromatic carbocycles. The number of rotatable bonds is 5. The highest BCUT2D eigenvalue weighted by Crippen LogP contribution is 2.40. The average Bonchev–Trinajstić information content (AvgIpc) is 3.26. The second kappa shape index (κ2) is 6.24. The first kappa shape index (κ1) is 14.6. The maximum absolute atomic E-state index is 12.0. The van der Waals surface area contributed by atoms with Gasteiger partial charge in [-0.1, -0.05) is 6.07 Å². The Kier molecular flexibility index (Phi) is 3.95. The molecule has 0 atom stereocenters. The van der Waals surface area contributed by atoms with Crippen LogP contribution in [0.25, 0.3) is 0 Å². The minimum atomic E-state index is 0.0776. The van der Waals surface area contributed by atoms with Crippen LogP contribution in [0.5, 0.6) is 11.5 Å². The number of carbonyl (C=O) groups is 1. The molecular weight excluding hydrogens is 310 g/mol. The van der Waals surface area contributed by atoms with Gasteiger partial charge in [0, 0.05) is 41.0 Å². The van der Waals surface area contributed by atoms with Crippen molar-refractivity contribution in [3.63, 3.8) is 0 Å². The second-order valence-corrected chi connectivity index (χ2v) is 6.91. The second-order valence-electron chi connectivity index (χ2n) is 5.87. The lowest BCUT2D eigenvalue weighted by atomic mass is 9.97. The molecule has 1 N–H and O–H groups in total. The molecule has 0 saturated carbocycles. The minimum absolute atomic E-state index is 0.0776. The molecule has 2 aliphatic rings. The van der Waals surface area contributed by atoms with Gasteiger partial charge in [0.1, 0.15) is 11.5 Å². The molecule has 4 nitrogen and oxygen atoms in total. The van der Waals surface area contributed by atoms with Crippen LogP contribution >= 0.6 is 11.3 Å². The first-order chi connectivity index (χ1) is 11.3. The van der Waals surface area contributed by atoms with Gasteiger partial charge < -0.3 is 14.8 Å². The number of carbonyl (C=O) groups excluding carboxylic acids is 1. The summed E-state index contributed by atoms with van der Waals surface area (Å²) in [5.74, 6) is 2.12. The highest BCUT2D eigenvalue weighted by atomic mass is 32.1. The maximum Gasteiger partial charge on any atom is 0.225 e. The van der Waals surface area contributed by atoms with Crippen molar-refractivity contribution in [2.75, 3.05) is 19.8 Å². The van der Waals surface area contributed by atoms with E-state index in [2.05, 4.69) is 11.4 Å². The standard InChI is InChI=1S/C18H19NO3S/c20-17(11-13-2-1-9-23-13)19-6-3-15-14-5-8-21-16(14)10-12-4-7-22-18(12)15/h1-2,9-10H,3-8,11H2,(H,19,20). The Balaban J connectivity index is 1.42. The predicted molar refractivity (Wildman–Crippen MR) is 89.6 cm³/mol. The Hall–Kier alpha value is -2.01. The van der Waals surface area contributed by atoms with Crippen molar-refractivity contribution in [3.8, 4) is 11.5 Å². The first-order valence-corrected chi connectivity index (χ1v) is 8.91. The van der Waals surface area contributed by atoms with E-state index < -0.39 is 0 Å². The zero-order valence-electron chi connectivity index (χ0n) is 12.9. The third kappa shape index (κ3) is 2.93. The van der Waals surface area contributed by atoms with Gasteiger partial charge in [0.15, 0.2) is 0 Å². The molecule has 0 bridgehead atoms. The molecule has 0 fully saturated rings. The van der Waals surface area contributed by atoms with Crippen molar-refractivity contribution in [2.45, 2.75) is 25.7 Å². The molecule has 0 radical (unpaired) electrons. The molecule has 3 heterocycles. The van der Waals surface area contributed by atoms with Crippen molar-refractivity contribution < 1.29 is 14.3 Å². The molecule has 0 aliphatic carbocycles. The number of benzene rings is 1. The van der Waals surface area contributed by atoms with Gasteiger partial charge in [-0.3, -0.25) is 4.79 Å². The molecule has 5 heteroatoms. The van der Waals surface area contributed by atoms with Crippen LogP contribution < -0.4 is 14.8 Å². The lowest BCUT2D eigenvalue weighted by molar-refractivity contribution is -0.120. The van der Waals surface area contributed by atoms with E-state index in [1.165, 1.54) is 16.7 Å². The Morgan fingerprint density at radius 2 is 2.17 bits per heavy atom. The zero-order valence-corrected chi connectivity index (χ0v) is 13.7. The average molecular weight is 329 g/mol. The number of fused-ring (bicyclic) bond motifs is 2. The van der Waals surface area contributed by atoms with E-state index in [1.807, 2.05) is 17.5 Å². The number of ether oxygens (including phenoxy) is 2. The summed E-state index contributed by atoms with van der Waals surface area (Å²) in [7, 11) is 0. The van der Waals surface area contributed by atoms with Gasteiger partial charge in [-0.25, -0.2) is 0 Å².